The van der Waals surface area contributed by atoms with Crippen molar-refractivity contribution in [3.05, 3.63) is 36.1 Å². The monoisotopic (exact) mass is 268 g/mol. The second-order valence-corrected chi connectivity index (χ2v) is 3.98. The molecule has 0 unspecified atom stereocenters. The van der Waals surface area contributed by atoms with Gasteiger partial charge in [-0.1, -0.05) is 5.16 Å². The third-order valence-corrected chi connectivity index (χ3v) is 2.62. The van der Waals surface area contributed by atoms with Crippen LogP contribution in [0.15, 0.2) is 39.3 Å². The molecule has 0 aliphatic heterocycles. The molecule has 0 amide bonds. The van der Waals surface area contributed by atoms with Crippen molar-refractivity contribution in [3.63, 3.8) is 0 Å². The fourth-order valence-corrected chi connectivity index (χ4v) is 1.77. The minimum Gasteiger partial charge on any atom is -0.452 e. The lowest BCUT2D eigenvalue weighted by atomic mass is 10.1. The molecule has 2 heterocycles. The van der Waals surface area contributed by atoms with Gasteiger partial charge in [-0.25, -0.2) is 0 Å². The van der Waals surface area contributed by atoms with Crippen molar-refractivity contribution in [2.75, 3.05) is 5.73 Å². The molecule has 0 aliphatic rings. The second kappa shape index (κ2) is 3.78. The molecular formula is C12H7F3N2O2. The SMILES string of the molecule is Nc1cc(-c2ccc3oc(C(F)(F)F)cc3c2)no1. The van der Waals surface area contributed by atoms with Crippen LogP contribution in [0, 0.1) is 0 Å². The van der Waals surface area contributed by atoms with E-state index >= 15 is 0 Å². The van der Waals surface area contributed by atoms with Gasteiger partial charge in [0.15, 0.2) is 0 Å². The number of fused-ring (bicyclic) bond motifs is 1. The molecular weight excluding hydrogens is 261 g/mol. The second-order valence-electron chi connectivity index (χ2n) is 3.98. The molecule has 0 radical (unpaired) electrons. The van der Waals surface area contributed by atoms with Crippen LogP contribution in [0.5, 0.6) is 0 Å². The minimum absolute atomic E-state index is 0.137. The van der Waals surface area contributed by atoms with Gasteiger partial charge in [-0.2, -0.15) is 13.2 Å². The Morgan fingerprint density at radius 1 is 1.11 bits per heavy atom. The van der Waals surface area contributed by atoms with Gasteiger partial charge in [0.05, 0.1) is 0 Å². The van der Waals surface area contributed by atoms with Gasteiger partial charge in [-0.15, -0.1) is 0 Å². The Balaban J connectivity index is 2.11. The maximum Gasteiger partial charge on any atom is 0.449 e. The molecule has 3 aromatic rings. The van der Waals surface area contributed by atoms with Crippen LogP contribution in [0.3, 0.4) is 0 Å². The maximum atomic E-state index is 12.5. The van der Waals surface area contributed by atoms with Gasteiger partial charge in [-0.05, 0) is 24.3 Å². The molecule has 19 heavy (non-hydrogen) atoms. The van der Waals surface area contributed by atoms with E-state index in [4.69, 9.17) is 14.7 Å². The van der Waals surface area contributed by atoms with Gasteiger partial charge in [0.25, 0.3) is 0 Å². The molecule has 0 saturated carbocycles. The molecule has 2 N–H and O–H groups in total. The lowest BCUT2D eigenvalue weighted by molar-refractivity contribution is -0.152. The summed E-state index contributed by atoms with van der Waals surface area (Å²) in [6.07, 6.45) is -4.50. The first-order chi connectivity index (χ1) is 8.93. The Morgan fingerprint density at radius 2 is 1.89 bits per heavy atom. The summed E-state index contributed by atoms with van der Waals surface area (Å²) in [6.45, 7) is 0. The summed E-state index contributed by atoms with van der Waals surface area (Å²) in [5, 5.41) is 4.03. The number of anilines is 1. The highest BCUT2D eigenvalue weighted by atomic mass is 19.4. The highest BCUT2D eigenvalue weighted by Crippen LogP contribution is 2.35. The van der Waals surface area contributed by atoms with E-state index in [0.717, 1.165) is 6.07 Å². The zero-order chi connectivity index (χ0) is 13.6. The number of furan rings is 1. The number of alkyl halides is 3. The van der Waals surface area contributed by atoms with Gasteiger partial charge in [0, 0.05) is 17.0 Å². The number of rotatable bonds is 1. The van der Waals surface area contributed by atoms with Crippen LogP contribution in [0.4, 0.5) is 19.1 Å². The van der Waals surface area contributed by atoms with Crippen molar-refractivity contribution in [2.45, 2.75) is 6.18 Å². The molecule has 0 aliphatic carbocycles. The fourth-order valence-electron chi connectivity index (χ4n) is 1.77. The predicted octanol–water partition coefficient (Wildman–Crippen LogP) is 3.69. The lowest BCUT2D eigenvalue weighted by Gasteiger charge is -1.98. The van der Waals surface area contributed by atoms with Crippen LogP contribution in [-0.4, -0.2) is 5.16 Å². The van der Waals surface area contributed by atoms with E-state index in [1.165, 1.54) is 18.2 Å². The van der Waals surface area contributed by atoms with E-state index < -0.39 is 11.9 Å². The van der Waals surface area contributed by atoms with Gasteiger partial charge in [0.2, 0.25) is 11.6 Å². The molecule has 98 valence electrons. The largest absolute Gasteiger partial charge is 0.452 e. The van der Waals surface area contributed by atoms with E-state index in [1.54, 1.807) is 6.07 Å². The third-order valence-electron chi connectivity index (χ3n) is 2.62. The summed E-state index contributed by atoms with van der Waals surface area (Å²) in [7, 11) is 0. The van der Waals surface area contributed by atoms with Crippen LogP contribution in [0.2, 0.25) is 0 Å². The first-order valence-electron chi connectivity index (χ1n) is 5.27. The number of nitrogens with two attached hydrogens (primary N) is 1. The van der Waals surface area contributed by atoms with Gasteiger partial charge in [-0.3, -0.25) is 0 Å². The quantitative estimate of drug-likeness (QED) is 0.731. The molecule has 0 atom stereocenters. The van der Waals surface area contributed by atoms with Gasteiger partial charge in [0.1, 0.15) is 11.3 Å². The number of nitrogen functional groups attached to an aromatic ring is 1. The van der Waals surface area contributed by atoms with Crippen LogP contribution < -0.4 is 5.73 Å². The number of hydrogen-bond acceptors (Lipinski definition) is 4. The summed E-state index contributed by atoms with van der Waals surface area (Å²) in [5.41, 5.74) is 6.61. The first-order valence-corrected chi connectivity index (χ1v) is 5.27. The average molecular weight is 268 g/mol. The molecule has 4 nitrogen and oxygen atoms in total. The Hall–Kier alpha value is -2.44. The molecule has 3 rings (SSSR count). The Labute approximate surface area is 104 Å². The molecule has 0 spiro atoms. The summed E-state index contributed by atoms with van der Waals surface area (Å²) in [6, 6.07) is 7.01. The van der Waals surface area contributed by atoms with Crippen molar-refractivity contribution in [1.29, 1.82) is 0 Å². The fraction of sp³-hybridized carbons (Fsp3) is 0.0833. The third kappa shape index (κ3) is 2.03. The van der Waals surface area contributed by atoms with E-state index in [9.17, 15) is 13.2 Å². The topological polar surface area (TPSA) is 65.2 Å². The van der Waals surface area contributed by atoms with Gasteiger partial charge < -0.3 is 14.7 Å². The zero-order valence-corrected chi connectivity index (χ0v) is 9.36. The van der Waals surface area contributed by atoms with Crippen LogP contribution >= 0.6 is 0 Å². The molecule has 0 bridgehead atoms. The number of halogens is 3. The minimum atomic E-state index is -4.50. The van der Waals surface area contributed by atoms with Crippen LogP contribution in [0.1, 0.15) is 5.76 Å². The summed E-state index contributed by atoms with van der Waals surface area (Å²) >= 11 is 0. The summed E-state index contributed by atoms with van der Waals surface area (Å²) < 4.78 is 47.0. The number of aromatic nitrogens is 1. The van der Waals surface area contributed by atoms with E-state index in [1.807, 2.05) is 0 Å². The molecule has 2 aromatic heterocycles. The van der Waals surface area contributed by atoms with E-state index in [0.29, 0.717) is 16.6 Å². The van der Waals surface area contributed by atoms with Crippen molar-refractivity contribution in [2.24, 2.45) is 0 Å². The standard InChI is InChI=1S/C12H7F3N2O2/c13-12(14,15)10-4-7-3-6(1-2-9(7)18-10)8-5-11(16)19-17-8/h1-5H,16H2. The number of hydrogen-bond donors (Lipinski definition) is 1. The first kappa shape index (κ1) is 11.6. The normalized spacial score (nSPS) is 12.2. The molecule has 0 fully saturated rings. The highest BCUT2D eigenvalue weighted by molar-refractivity contribution is 5.83. The average Bonchev–Trinajstić information content (AvgIpc) is 2.92. The Bertz CT molecular complexity index is 743. The van der Waals surface area contributed by atoms with Crippen molar-refractivity contribution in [1.82, 2.24) is 5.16 Å². The van der Waals surface area contributed by atoms with Crippen LogP contribution in [0.25, 0.3) is 22.2 Å². The lowest BCUT2D eigenvalue weighted by Crippen LogP contribution is -2.01. The zero-order valence-electron chi connectivity index (χ0n) is 9.36. The summed E-state index contributed by atoms with van der Waals surface area (Å²) in [5.74, 6) is -0.891. The molecule has 0 saturated heterocycles. The highest BCUT2D eigenvalue weighted by Gasteiger charge is 2.35. The Morgan fingerprint density at radius 3 is 2.53 bits per heavy atom. The predicted molar refractivity (Wildman–Crippen MR) is 61.1 cm³/mol. The molecule has 1 aromatic carbocycles. The van der Waals surface area contributed by atoms with E-state index in [2.05, 4.69) is 5.16 Å². The molecule has 7 heteroatoms. The van der Waals surface area contributed by atoms with Crippen molar-refractivity contribution >= 4 is 16.9 Å². The van der Waals surface area contributed by atoms with Crippen molar-refractivity contribution < 1.29 is 22.1 Å². The van der Waals surface area contributed by atoms with Crippen LogP contribution in [-0.2, 0) is 6.18 Å². The maximum absolute atomic E-state index is 12.5. The number of benzene rings is 1. The smallest absolute Gasteiger partial charge is 0.449 e. The Kier molecular flexibility index (Phi) is 2.31. The number of nitrogens with zero attached hydrogens (tertiary/aromatic N) is 1. The van der Waals surface area contributed by atoms with E-state index in [-0.39, 0.29) is 11.5 Å². The van der Waals surface area contributed by atoms with Gasteiger partial charge >= 0.3 is 6.18 Å². The summed E-state index contributed by atoms with van der Waals surface area (Å²) in [4.78, 5) is 0. The van der Waals surface area contributed by atoms with Crippen molar-refractivity contribution in [3.8, 4) is 11.3 Å².